The fraction of sp³-hybridized carbons (Fsp3) is 0.100. The van der Waals surface area contributed by atoms with E-state index in [9.17, 15) is 9.18 Å². The van der Waals surface area contributed by atoms with E-state index in [1.54, 1.807) is 24.3 Å². The molecule has 1 aliphatic rings. The van der Waals surface area contributed by atoms with Crippen molar-refractivity contribution in [2.24, 2.45) is 0 Å². The van der Waals surface area contributed by atoms with Gasteiger partial charge in [-0.2, -0.15) is 0 Å². The molecular weight excluding hydrogens is 155 g/mol. The van der Waals surface area contributed by atoms with E-state index in [1.807, 2.05) is 6.07 Å². The third kappa shape index (κ3) is 0.961. The maximum atomic E-state index is 12.8. The monoisotopic (exact) mass is 162 g/mol. The number of ketones is 1. The molecule has 0 N–H and O–H groups in total. The predicted molar refractivity (Wildman–Crippen MR) is 44.7 cm³/mol. The van der Waals surface area contributed by atoms with Crippen LogP contribution in [0.25, 0.3) is 6.08 Å². The maximum absolute atomic E-state index is 12.8. The van der Waals surface area contributed by atoms with Crippen LogP contribution in [0.5, 0.6) is 0 Å². The summed E-state index contributed by atoms with van der Waals surface area (Å²) in [6, 6.07) is 7.01. The van der Waals surface area contributed by atoms with Crippen LogP contribution >= 0.6 is 0 Å². The first-order valence-corrected chi connectivity index (χ1v) is 3.74. The standard InChI is InChI=1S/C10H7FO/c11-9-6-5-7-3-1-2-4-8(7)10(9)12/h1-6,9H. The van der Waals surface area contributed by atoms with Crippen molar-refractivity contribution in [2.45, 2.75) is 6.17 Å². The normalized spacial score (nSPS) is 20.8. The number of halogens is 1. The van der Waals surface area contributed by atoms with Crippen molar-refractivity contribution in [3.05, 3.63) is 41.5 Å². The highest BCUT2D eigenvalue weighted by Gasteiger charge is 2.21. The Hall–Kier alpha value is -1.44. The van der Waals surface area contributed by atoms with E-state index in [2.05, 4.69) is 0 Å². The lowest BCUT2D eigenvalue weighted by Crippen LogP contribution is -2.17. The first-order chi connectivity index (χ1) is 5.79. The van der Waals surface area contributed by atoms with Gasteiger partial charge < -0.3 is 0 Å². The van der Waals surface area contributed by atoms with Gasteiger partial charge in [0.05, 0.1) is 0 Å². The number of hydrogen-bond donors (Lipinski definition) is 0. The number of alkyl halides is 1. The fourth-order valence-corrected chi connectivity index (χ4v) is 1.29. The summed E-state index contributed by atoms with van der Waals surface area (Å²) in [5.41, 5.74) is 1.28. The van der Waals surface area contributed by atoms with Crippen LogP contribution in [0.1, 0.15) is 15.9 Å². The Morgan fingerprint density at radius 2 is 2.00 bits per heavy atom. The van der Waals surface area contributed by atoms with Crippen LogP contribution in [0.4, 0.5) is 4.39 Å². The van der Waals surface area contributed by atoms with Crippen molar-refractivity contribution in [1.29, 1.82) is 0 Å². The second-order valence-corrected chi connectivity index (χ2v) is 2.71. The Morgan fingerprint density at radius 1 is 1.25 bits per heavy atom. The van der Waals surface area contributed by atoms with Crippen LogP contribution in [0.2, 0.25) is 0 Å². The molecule has 0 aromatic heterocycles. The summed E-state index contributed by atoms with van der Waals surface area (Å²) in [7, 11) is 0. The molecule has 0 bridgehead atoms. The molecule has 12 heavy (non-hydrogen) atoms. The highest BCUT2D eigenvalue weighted by atomic mass is 19.1. The molecule has 0 heterocycles. The SMILES string of the molecule is O=C1c2ccccc2C=CC1F. The molecule has 2 rings (SSSR count). The van der Waals surface area contributed by atoms with Crippen LogP contribution in [0, 0.1) is 0 Å². The second kappa shape index (κ2) is 2.55. The largest absolute Gasteiger partial charge is 0.290 e. The maximum Gasteiger partial charge on any atom is 0.201 e. The average molecular weight is 162 g/mol. The van der Waals surface area contributed by atoms with Crippen molar-refractivity contribution in [3.63, 3.8) is 0 Å². The quantitative estimate of drug-likeness (QED) is 0.571. The zero-order valence-electron chi connectivity index (χ0n) is 6.33. The predicted octanol–water partition coefficient (Wildman–Crippen LogP) is 2.23. The summed E-state index contributed by atoms with van der Waals surface area (Å²) in [4.78, 5) is 11.2. The molecule has 1 aromatic rings. The third-order valence-electron chi connectivity index (χ3n) is 1.92. The van der Waals surface area contributed by atoms with Crippen molar-refractivity contribution in [3.8, 4) is 0 Å². The zero-order chi connectivity index (χ0) is 8.55. The van der Waals surface area contributed by atoms with Crippen LogP contribution in [-0.4, -0.2) is 12.0 Å². The molecule has 0 saturated carbocycles. The molecule has 60 valence electrons. The second-order valence-electron chi connectivity index (χ2n) is 2.71. The van der Waals surface area contributed by atoms with E-state index in [4.69, 9.17) is 0 Å². The Labute approximate surface area is 69.5 Å². The number of Topliss-reactive ketones (excluding diaryl/α,β-unsaturated/α-hetero) is 1. The average Bonchev–Trinajstić information content (AvgIpc) is 2.12. The van der Waals surface area contributed by atoms with E-state index in [0.29, 0.717) is 5.56 Å². The highest BCUT2D eigenvalue weighted by Crippen LogP contribution is 2.20. The van der Waals surface area contributed by atoms with Gasteiger partial charge in [-0.05, 0) is 11.6 Å². The Balaban J connectivity index is 2.59. The number of rotatable bonds is 0. The lowest BCUT2D eigenvalue weighted by Gasteiger charge is -2.10. The molecule has 2 heteroatoms. The van der Waals surface area contributed by atoms with E-state index >= 15 is 0 Å². The number of fused-ring (bicyclic) bond motifs is 1. The molecule has 0 spiro atoms. The fourth-order valence-electron chi connectivity index (χ4n) is 1.29. The van der Waals surface area contributed by atoms with Crippen LogP contribution < -0.4 is 0 Å². The molecule has 1 aromatic carbocycles. The van der Waals surface area contributed by atoms with E-state index in [1.165, 1.54) is 6.08 Å². The zero-order valence-corrected chi connectivity index (χ0v) is 6.33. The minimum absolute atomic E-state index is 0.437. The lowest BCUT2D eigenvalue weighted by molar-refractivity contribution is 0.0911. The van der Waals surface area contributed by atoms with E-state index < -0.39 is 12.0 Å². The molecule has 1 nitrogen and oxygen atoms in total. The van der Waals surface area contributed by atoms with Crippen LogP contribution in [0.3, 0.4) is 0 Å². The topological polar surface area (TPSA) is 17.1 Å². The molecule has 1 unspecified atom stereocenters. The molecular formula is C10H7FO. The number of carbonyl (C=O) groups excluding carboxylic acids is 1. The minimum Gasteiger partial charge on any atom is -0.290 e. The van der Waals surface area contributed by atoms with Crippen LogP contribution in [-0.2, 0) is 0 Å². The van der Waals surface area contributed by atoms with Gasteiger partial charge in [0.2, 0.25) is 5.78 Å². The van der Waals surface area contributed by atoms with Crippen LogP contribution in [0.15, 0.2) is 30.3 Å². The Bertz CT molecular complexity index is 355. The van der Waals surface area contributed by atoms with E-state index in [0.717, 1.165) is 5.56 Å². The molecule has 0 saturated heterocycles. The molecule has 1 atom stereocenters. The van der Waals surface area contributed by atoms with Crippen molar-refractivity contribution < 1.29 is 9.18 Å². The Morgan fingerprint density at radius 3 is 2.83 bits per heavy atom. The molecule has 0 aliphatic heterocycles. The first kappa shape index (κ1) is 7.22. The minimum atomic E-state index is -1.46. The summed E-state index contributed by atoms with van der Waals surface area (Å²) in [5, 5.41) is 0. The van der Waals surface area contributed by atoms with Gasteiger partial charge in [-0.15, -0.1) is 0 Å². The van der Waals surface area contributed by atoms with Crippen molar-refractivity contribution in [2.75, 3.05) is 0 Å². The molecule has 1 aliphatic carbocycles. The van der Waals surface area contributed by atoms with Gasteiger partial charge in [0.15, 0.2) is 6.17 Å². The summed E-state index contributed by atoms with van der Waals surface area (Å²) in [5.74, 6) is -0.437. The third-order valence-corrected chi connectivity index (χ3v) is 1.92. The van der Waals surface area contributed by atoms with Gasteiger partial charge in [0.1, 0.15) is 0 Å². The van der Waals surface area contributed by atoms with Gasteiger partial charge in [-0.1, -0.05) is 30.3 Å². The molecule has 0 amide bonds. The van der Waals surface area contributed by atoms with Gasteiger partial charge in [0.25, 0.3) is 0 Å². The number of benzene rings is 1. The lowest BCUT2D eigenvalue weighted by atomic mass is 9.95. The van der Waals surface area contributed by atoms with Gasteiger partial charge >= 0.3 is 0 Å². The summed E-state index contributed by atoms with van der Waals surface area (Å²) < 4.78 is 12.8. The summed E-state index contributed by atoms with van der Waals surface area (Å²) >= 11 is 0. The molecule has 0 radical (unpaired) electrons. The number of allylic oxidation sites excluding steroid dienone is 1. The molecule has 0 fully saturated rings. The number of hydrogen-bond acceptors (Lipinski definition) is 1. The van der Waals surface area contributed by atoms with Gasteiger partial charge in [-0.3, -0.25) is 4.79 Å². The Kier molecular flexibility index (Phi) is 1.54. The summed E-state index contributed by atoms with van der Waals surface area (Å²) in [6.07, 6.45) is 1.46. The van der Waals surface area contributed by atoms with Crippen molar-refractivity contribution >= 4 is 11.9 Å². The van der Waals surface area contributed by atoms with Gasteiger partial charge in [-0.25, -0.2) is 4.39 Å². The number of carbonyl (C=O) groups is 1. The van der Waals surface area contributed by atoms with E-state index in [-0.39, 0.29) is 0 Å². The highest BCUT2D eigenvalue weighted by molar-refractivity contribution is 6.05. The smallest absolute Gasteiger partial charge is 0.201 e. The van der Waals surface area contributed by atoms with Crippen molar-refractivity contribution in [1.82, 2.24) is 0 Å². The summed E-state index contributed by atoms with van der Waals surface area (Å²) in [6.45, 7) is 0. The first-order valence-electron chi connectivity index (χ1n) is 3.74. The van der Waals surface area contributed by atoms with Gasteiger partial charge in [0, 0.05) is 5.56 Å².